The van der Waals surface area contributed by atoms with E-state index in [4.69, 9.17) is 9.72 Å². The van der Waals surface area contributed by atoms with Crippen molar-refractivity contribution in [3.05, 3.63) is 58.9 Å². The van der Waals surface area contributed by atoms with E-state index in [9.17, 15) is 4.79 Å². The highest BCUT2D eigenvalue weighted by molar-refractivity contribution is 7.99. The van der Waals surface area contributed by atoms with Gasteiger partial charge in [0, 0.05) is 23.2 Å². The van der Waals surface area contributed by atoms with Crippen LogP contribution in [0.15, 0.2) is 58.5 Å². The molecule has 3 heterocycles. The van der Waals surface area contributed by atoms with Crippen LogP contribution >= 0.6 is 11.8 Å². The summed E-state index contributed by atoms with van der Waals surface area (Å²) in [7, 11) is 1.62. The standard InChI is InChI=1S/C23H24N4O2S/c1-29-19-11-5-4-10-18(19)27-22(28)21-20(16-8-2-3-9-17(16)24-21)25-23(27)30-15-14-26-12-6-7-13-26/h2-5,8-11,24H,6-7,12-15H2,1H3. The molecule has 0 bridgehead atoms. The number of nitrogens with one attached hydrogen (secondary N) is 1. The van der Waals surface area contributed by atoms with Crippen LogP contribution in [0.4, 0.5) is 0 Å². The lowest BCUT2D eigenvalue weighted by Gasteiger charge is -2.17. The number of hydrogen-bond donors (Lipinski definition) is 1. The molecule has 5 rings (SSSR count). The molecule has 0 unspecified atom stereocenters. The minimum Gasteiger partial charge on any atom is -0.495 e. The molecule has 2 aromatic carbocycles. The molecular weight excluding hydrogens is 396 g/mol. The van der Waals surface area contributed by atoms with E-state index in [0.29, 0.717) is 22.1 Å². The summed E-state index contributed by atoms with van der Waals surface area (Å²) in [5.41, 5.74) is 2.77. The average molecular weight is 421 g/mol. The normalized spacial score (nSPS) is 14.7. The second kappa shape index (κ2) is 8.16. The number of benzene rings is 2. The van der Waals surface area contributed by atoms with Crippen molar-refractivity contribution in [3.63, 3.8) is 0 Å². The topological polar surface area (TPSA) is 63.1 Å². The Morgan fingerprint density at radius 1 is 1.10 bits per heavy atom. The maximum absolute atomic E-state index is 13.6. The first kappa shape index (κ1) is 19.2. The number of fused-ring (bicyclic) bond motifs is 3. The average Bonchev–Trinajstić information content (AvgIpc) is 3.42. The molecule has 1 aliphatic rings. The molecule has 30 heavy (non-hydrogen) atoms. The molecule has 0 aliphatic carbocycles. The van der Waals surface area contributed by atoms with Crippen molar-refractivity contribution in [2.24, 2.45) is 0 Å². The van der Waals surface area contributed by atoms with Gasteiger partial charge in [-0.3, -0.25) is 4.79 Å². The SMILES string of the molecule is COc1ccccc1-n1c(SCCN2CCCC2)nc2c([nH]c3ccccc32)c1=O. The molecule has 7 heteroatoms. The Morgan fingerprint density at radius 3 is 2.70 bits per heavy atom. The molecule has 154 valence electrons. The molecule has 6 nitrogen and oxygen atoms in total. The summed E-state index contributed by atoms with van der Waals surface area (Å²) < 4.78 is 7.24. The third kappa shape index (κ3) is 3.38. The molecule has 0 spiro atoms. The first-order valence-corrected chi connectivity index (χ1v) is 11.3. The van der Waals surface area contributed by atoms with E-state index in [1.54, 1.807) is 23.4 Å². The zero-order valence-electron chi connectivity index (χ0n) is 16.9. The molecule has 4 aromatic rings. The highest BCUT2D eigenvalue weighted by Crippen LogP contribution is 2.29. The maximum atomic E-state index is 13.6. The van der Waals surface area contributed by atoms with Gasteiger partial charge >= 0.3 is 0 Å². The van der Waals surface area contributed by atoms with Crippen LogP contribution in [0.2, 0.25) is 0 Å². The number of likely N-dealkylation sites (tertiary alicyclic amines) is 1. The van der Waals surface area contributed by atoms with Gasteiger partial charge in [0.15, 0.2) is 5.16 Å². The van der Waals surface area contributed by atoms with Gasteiger partial charge in [0.2, 0.25) is 0 Å². The number of aromatic amines is 1. The van der Waals surface area contributed by atoms with Crippen LogP contribution in [0.3, 0.4) is 0 Å². The molecule has 0 radical (unpaired) electrons. The number of thioether (sulfide) groups is 1. The fraction of sp³-hybridized carbons (Fsp3) is 0.304. The Kier molecular flexibility index (Phi) is 5.23. The molecule has 0 saturated carbocycles. The van der Waals surface area contributed by atoms with Crippen molar-refractivity contribution in [2.75, 3.05) is 32.5 Å². The summed E-state index contributed by atoms with van der Waals surface area (Å²) in [5.74, 6) is 1.54. The van der Waals surface area contributed by atoms with Gasteiger partial charge in [-0.1, -0.05) is 42.1 Å². The van der Waals surface area contributed by atoms with Crippen LogP contribution in [0.25, 0.3) is 27.6 Å². The van der Waals surface area contributed by atoms with Gasteiger partial charge in [0.25, 0.3) is 5.56 Å². The van der Waals surface area contributed by atoms with Crippen LogP contribution in [0.1, 0.15) is 12.8 Å². The zero-order valence-corrected chi connectivity index (χ0v) is 17.7. The van der Waals surface area contributed by atoms with E-state index in [2.05, 4.69) is 9.88 Å². The van der Waals surface area contributed by atoms with Gasteiger partial charge in [0.05, 0.1) is 12.8 Å². The van der Waals surface area contributed by atoms with E-state index in [0.717, 1.165) is 41.8 Å². The number of methoxy groups -OCH3 is 1. The Labute approximate surface area is 178 Å². The number of ether oxygens (including phenoxy) is 1. The van der Waals surface area contributed by atoms with Gasteiger partial charge in [-0.15, -0.1) is 0 Å². The van der Waals surface area contributed by atoms with Crippen LogP contribution in [-0.2, 0) is 0 Å². The first-order chi connectivity index (χ1) is 14.8. The van der Waals surface area contributed by atoms with Gasteiger partial charge in [0.1, 0.15) is 16.8 Å². The monoisotopic (exact) mass is 420 g/mol. The lowest BCUT2D eigenvalue weighted by Crippen LogP contribution is -2.24. The summed E-state index contributed by atoms with van der Waals surface area (Å²) in [6.45, 7) is 3.32. The number of aromatic nitrogens is 3. The van der Waals surface area contributed by atoms with Crippen molar-refractivity contribution >= 4 is 33.7 Å². The lowest BCUT2D eigenvalue weighted by atomic mass is 10.2. The van der Waals surface area contributed by atoms with E-state index in [1.807, 2.05) is 48.5 Å². The zero-order chi connectivity index (χ0) is 20.5. The second-order valence-corrected chi connectivity index (χ2v) is 8.56. The van der Waals surface area contributed by atoms with Crippen molar-refractivity contribution < 1.29 is 4.74 Å². The minimum atomic E-state index is -0.107. The lowest BCUT2D eigenvalue weighted by molar-refractivity contribution is 0.362. The van der Waals surface area contributed by atoms with E-state index < -0.39 is 0 Å². The van der Waals surface area contributed by atoms with Gasteiger partial charge in [-0.25, -0.2) is 9.55 Å². The Hall–Kier alpha value is -2.77. The van der Waals surface area contributed by atoms with E-state index >= 15 is 0 Å². The fourth-order valence-corrected chi connectivity index (χ4v) is 5.14. The summed E-state index contributed by atoms with van der Waals surface area (Å²) in [5, 5.41) is 1.67. The summed E-state index contributed by atoms with van der Waals surface area (Å²) in [4.78, 5) is 24.3. The van der Waals surface area contributed by atoms with Gasteiger partial charge in [-0.2, -0.15) is 0 Å². The predicted octanol–water partition coefficient (Wildman–Crippen LogP) is 4.06. The van der Waals surface area contributed by atoms with Gasteiger partial charge < -0.3 is 14.6 Å². The third-order valence-corrected chi connectivity index (χ3v) is 6.58. The van der Waals surface area contributed by atoms with Crippen molar-refractivity contribution in [1.82, 2.24) is 19.4 Å². The van der Waals surface area contributed by atoms with Crippen molar-refractivity contribution in [1.29, 1.82) is 0 Å². The Bertz CT molecular complexity index is 1260. The Morgan fingerprint density at radius 2 is 1.87 bits per heavy atom. The number of para-hydroxylation sites is 3. The predicted molar refractivity (Wildman–Crippen MR) is 122 cm³/mol. The van der Waals surface area contributed by atoms with Crippen LogP contribution in [0, 0.1) is 0 Å². The van der Waals surface area contributed by atoms with Gasteiger partial charge in [-0.05, 0) is 44.1 Å². The number of rotatable bonds is 6. The smallest absolute Gasteiger partial charge is 0.283 e. The molecule has 2 aromatic heterocycles. The minimum absolute atomic E-state index is 0.107. The molecule has 0 atom stereocenters. The van der Waals surface area contributed by atoms with Crippen molar-refractivity contribution in [2.45, 2.75) is 18.0 Å². The fourth-order valence-electron chi connectivity index (χ4n) is 4.14. The van der Waals surface area contributed by atoms with E-state index in [-0.39, 0.29) is 5.56 Å². The molecule has 1 fully saturated rings. The summed E-state index contributed by atoms with van der Waals surface area (Å²) in [6, 6.07) is 15.5. The molecular formula is C23H24N4O2S. The quantitative estimate of drug-likeness (QED) is 0.376. The summed E-state index contributed by atoms with van der Waals surface area (Å²) in [6.07, 6.45) is 2.55. The largest absolute Gasteiger partial charge is 0.495 e. The highest BCUT2D eigenvalue weighted by atomic mass is 32.2. The molecule has 1 saturated heterocycles. The van der Waals surface area contributed by atoms with Crippen LogP contribution in [0.5, 0.6) is 5.75 Å². The number of hydrogen-bond acceptors (Lipinski definition) is 5. The second-order valence-electron chi connectivity index (χ2n) is 7.50. The van der Waals surface area contributed by atoms with E-state index in [1.165, 1.54) is 12.8 Å². The summed E-state index contributed by atoms with van der Waals surface area (Å²) >= 11 is 1.63. The molecule has 1 N–H and O–H groups in total. The van der Waals surface area contributed by atoms with Crippen molar-refractivity contribution in [3.8, 4) is 11.4 Å². The van der Waals surface area contributed by atoms with Crippen LogP contribution < -0.4 is 10.3 Å². The Balaban J connectivity index is 1.65. The third-order valence-electron chi connectivity index (χ3n) is 5.66. The molecule has 1 aliphatic heterocycles. The highest BCUT2D eigenvalue weighted by Gasteiger charge is 2.19. The van der Waals surface area contributed by atoms with Crippen LogP contribution in [-0.4, -0.2) is 51.9 Å². The first-order valence-electron chi connectivity index (χ1n) is 10.3. The molecule has 0 amide bonds. The number of nitrogens with zero attached hydrogens (tertiary/aromatic N) is 3. The number of H-pyrrole nitrogens is 1. The maximum Gasteiger partial charge on any atom is 0.283 e.